The number of aryl methyl sites for hydroxylation is 1. The monoisotopic (exact) mass is 274 g/mol. The molecule has 0 amide bonds. The van der Waals surface area contributed by atoms with E-state index in [1.54, 1.807) is 20.8 Å². The fraction of sp³-hybridized carbons (Fsp3) is 0.357. The van der Waals surface area contributed by atoms with Crippen LogP contribution in [0.4, 0.5) is 5.82 Å². The lowest BCUT2D eigenvalue weighted by molar-refractivity contribution is 0.00641. The van der Waals surface area contributed by atoms with E-state index in [1.165, 1.54) is 4.68 Å². The van der Waals surface area contributed by atoms with Gasteiger partial charge in [-0.2, -0.15) is 4.68 Å². The molecule has 0 aliphatic heterocycles. The van der Waals surface area contributed by atoms with E-state index in [4.69, 9.17) is 10.5 Å². The second kappa shape index (κ2) is 4.96. The lowest BCUT2D eigenvalue weighted by Crippen LogP contribution is -2.24. The summed E-state index contributed by atoms with van der Waals surface area (Å²) in [5, 5.41) is 7.74. The van der Waals surface area contributed by atoms with Gasteiger partial charge in [-0.3, -0.25) is 0 Å². The lowest BCUT2D eigenvalue weighted by atomic mass is 10.2. The summed E-state index contributed by atoms with van der Waals surface area (Å²) in [7, 11) is 0. The van der Waals surface area contributed by atoms with Crippen LogP contribution in [0.2, 0.25) is 0 Å². The van der Waals surface area contributed by atoms with Crippen molar-refractivity contribution in [1.82, 2.24) is 15.0 Å². The maximum absolute atomic E-state index is 12.0. The first kappa shape index (κ1) is 14.0. The maximum Gasteiger partial charge on any atom is 0.363 e. The highest BCUT2D eigenvalue weighted by Gasteiger charge is 2.24. The molecule has 0 saturated carbocycles. The molecule has 2 rings (SSSR count). The van der Waals surface area contributed by atoms with Gasteiger partial charge in [0.2, 0.25) is 5.69 Å². The molecule has 0 radical (unpaired) electrons. The third kappa shape index (κ3) is 2.96. The Morgan fingerprint density at radius 1 is 1.35 bits per heavy atom. The SMILES string of the molecule is Cc1cccc(-n2nnc(C(=O)OC(C)(C)C)c2N)c1. The van der Waals surface area contributed by atoms with Crippen LogP contribution in [0.25, 0.3) is 5.69 Å². The summed E-state index contributed by atoms with van der Waals surface area (Å²) in [6.07, 6.45) is 0. The summed E-state index contributed by atoms with van der Waals surface area (Å²) in [4.78, 5) is 12.0. The van der Waals surface area contributed by atoms with Gasteiger partial charge < -0.3 is 10.5 Å². The third-order valence-electron chi connectivity index (χ3n) is 2.54. The van der Waals surface area contributed by atoms with Crippen LogP contribution in [-0.4, -0.2) is 26.6 Å². The van der Waals surface area contributed by atoms with Crippen molar-refractivity contribution in [3.63, 3.8) is 0 Å². The molecule has 1 aromatic carbocycles. The predicted octanol–water partition coefficient (Wildman–Crippen LogP) is 2.11. The van der Waals surface area contributed by atoms with Crippen molar-refractivity contribution in [2.24, 2.45) is 0 Å². The average Bonchev–Trinajstić information content (AvgIpc) is 2.69. The third-order valence-corrected chi connectivity index (χ3v) is 2.54. The number of nitrogens with two attached hydrogens (primary N) is 1. The van der Waals surface area contributed by atoms with Crippen LogP contribution in [0.15, 0.2) is 24.3 Å². The van der Waals surface area contributed by atoms with E-state index in [0.717, 1.165) is 11.3 Å². The molecule has 6 heteroatoms. The highest BCUT2D eigenvalue weighted by molar-refractivity contribution is 5.92. The first-order valence-electron chi connectivity index (χ1n) is 6.29. The van der Waals surface area contributed by atoms with E-state index in [9.17, 15) is 4.79 Å². The molecule has 0 aliphatic carbocycles. The van der Waals surface area contributed by atoms with E-state index < -0.39 is 11.6 Å². The first-order valence-corrected chi connectivity index (χ1v) is 6.29. The second-order valence-electron chi connectivity index (χ2n) is 5.58. The van der Waals surface area contributed by atoms with Crippen molar-refractivity contribution in [1.29, 1.82) is 0 Å². The number of nitrogens with zero attached hydrogens (tertiary/aromatic N) is 3. The zero-order valence-electron chi connectivity index (χ0n) is 12.0. The van der Waals surface area contributed by atoms with Crippen molar-refractivity contribution < 1.29 is 9.53 Å². The minimum atomic E-state index is -0.601. The summed E-state index contributed by atoms with van der Waals surface area (Å²) in [5.41, 5.74) is 7.19. The molecule has 0 fully saturated rings. The van der Waals surface area contributed by atoms with E-state index in [-0.39, 0.29) is 11.5 Å². The molecule has 1 heterocycles. The number of aromatic nitrogens is 3. The van der Waals surface area contributed by atoms with Crippen LogP contribution < -0.4 is 5.73 Å². The predicted molar refractivity (Wildman–Crippen MR) is 75.7 cm³/mol. The molecule has 0 spiro atoms. The topological polar surface area (TPSA) is 83.0 Å². The van der Waals surface area contributed by atoms with Gasteiger partial charge in [0, 0.05) is 0 Å². The van der Waals surface area contributed by atoms with Crippen molar-refractivity contribution in [2.45, 2.75) is 33.3 Å². The Balaban J connectivity index is 2.34. The van der Waals surface area contributed by atoms with Crippen LogP contribution in [0.5, 0.6) is 0 Å². The Morgan fingerprint density at radius 2 is 2.05 bits per heavy atom. The average molecular weight is 274 g/mol. The Bertz CT molecular complexity index is 641. The molecule has 20 heavy (non-hydrogen) atoms. The minimum Gasteiger partial charge on any atom is -0.455 e. The number of carbonyl (C=O) groups excluding carboxylic acids is 1. The number of benzene rings is 1. The molecule has 0 saturated heterocycles. The number of ether oxygens (including phenoxy) is 1. The highest BCUT2D eigenvalue weighted by atomic mass is 16.6. The van der Waals surface area contributed by atoms with E-state index in [0.29, 0.717) is 0 Å². The number of rotatable bonds is 2. The highest BCUT2D eigenvalue weighted by Crippen LogP contribution is 2.18. The summed E-state index contributed by atoms with van der Waals surface area (Å²) in [6.45, 7) is 7.32. The number of hydrogen-bond donors (Lipinski definition) is 1. The standard InChI is InChI=1S/C14H18N4O2/c1-9-6-5-7-10(8-9)18-12(15)11(16-17-18)13(19)20-14(2,3)4/h5-8H,15H2,1-4H3. The smallest absolute Gasteiger partial charge is 0.363 e. The van der Waals surface area contributed by atoms with Gasteiger partial charge in [0.05, 0.1) is 5.69 Å². The van der Waals surface area contributed by atoms with Crippen LogP contribution >= 0.6 is 0 Å². The van der Waals surface area contributed by atoms with Gasteiger partial charge in [0.15, 0.2) is 5.82 Å². The van der Waals surface area contributed by atoms with Crippen molar-refractivity contribution in [2.75, 3.05) is 5.73 Å². The number of anilines is 1. The molecule has 0 atom stereocenters. The molecular formula is C14H18N4O2. The number of nitrogen functional groups attached to an aromatic ring is 1. The largest absolute Gasteiger partial charge is 0.455 e. The molecule has 0 bridgehead atoms. The zero-order chi connectivity index (χ0) is 14.9. The van der Waals surface area contributed by atoms with Gasteiger partial charge in [-0.15, -0.1) is 5.10 Å². The number of carbonyl (C=O) groups is 1. The van der Waals surface area contributed by atoms with Crippen LogP contribution in [-0.2, 0) is 4.74 Å². The molecule has 2 N–H and O–H groups in total. The molecule has 0 unspecified atom stereocenters. The van der Waals surface area contributed by atoms with Crippen LogP contribution in [0, 0.1) is 6.92 Å². The first-order chi connectivity index (χ1) is 9.28. The molecule has 0 aliphatic rings. The summed E-state index contributed by atoms with van der Waals surface area (Å²) < 4.78 is 6.67. The minimum absolute atomic E-state index is 0.0291. The molecular weight excluding hydrogens is 256 g/mol. The molecule has 106 valence electrons. The van der Waals surface area contributed by atoms with E-state index >= 15 is 0 Å². The molecule has 6 nitrogen and oxygen atoms in total. The fourth-order valence-corrected chi connectivity index (χ4v) is 1.71. The van der Waals surface area contributed by atoms with Gasteiger partial charge in [-0.05, 0) is 45.4 Å². The van der Waals surface area contributed by atoms with E-state index in [2.05, 4.69) is 10.3 Å². The zero-order valence-corrected chi connectivity index (χ0v) is 12.0. The van der Waals surface area contributed by atoms with Crippen LogP contribution in [0.1, 0.15) is 36.8 Å². The van der Waals surface area contributed by atoms with Crippen molar-refractivity contribution in [3.8, 4) is 5.69 Å². The normalized spacial score (nSPS) is 11.4. The fourth-order valence-electron chi connectivity index (χ4n) is 1.71. The Labute approximate surface area is 117 Å². The lowest BCUT2D eigenvalue weighted by Gasteiger charge is -2.18. The van der Waals surface area contributed by atoms with Gasteiger partial charge in [0.25, 0.3) is 0 Å². The summed E-state index contributed by atoms with van der Waals surface area (Å²) in [6, 6.07) is 7.60. The van der Waals surface area contributed by atoms with Crippen molar-refractivity contribution in [3.05, 3.63) is 35.5 Å². The number of esters is 1. The summed E-state index contributed by atoms with van der Waals surface area (Å²) in [5.74, 6) is -0.404. The number of hydrogen-bond acceptors (Lipinski definition) is 5. The second-order valence-corrected chi connectivity index (χ2v) is 5.58. The maximum atomic E-state index is 12.0. The Hall–Kier alpha value is -2.37. The van der Waals surface area contributed by atoms with Gasteiger partial charge in [-0.25, -0.2) is 4.79 Å². The molecule has 2 aromatic rings. The quantitative estimate of drug-likeness (QED) is 0.848. The van der Waals surface area contributed by atoms with Gasteiger partial charge in [0.1, 0.15) is 5.60 Å². The van der Waals surface area contributed by atoms with E-state index in [1.807, 2.05) is 31.2 Å². The van der Waals surface area contributed by atoms with Crippen molar-refractivity contribution >= 4 is 11.8 Å². The van der Waals surface area contributed by atoms with Gasteiger partial charge >= 0.3 is 5.97 Å². The Kier molecular flexibility index (Phi) is 3.48. The van der Waals surface area contributed by atoms with Gasteiger partial charge in [-0.1, -0.05) is 17.3 Å². The van der Waals surface area contributed by atoms with Crippen LogP contribution in [0.3, 0.4) is 0 Å². The summed E-state index contributed by atoms with van der Waals surface area (Å²) >= 11 is 0. The molecule has 1 aromatic heterocycles. The Morgan fingerprint density at radius 3 is 2.65 bits per heavy atom.